The summed E-state index contributed by atoms with van der Waals surface area (Å²) >= 11 is 0. The van der Waals surface area contributed by atoms with E-state index >= 15 is 0 Å². The highest BCUT2D eigenvalue weighted by atomic mass is 16.5. The smallest absolute Gasteiger partial charge is 0.320 e. The van der Waals surface area contributed by atoms with Gasteiger partial charge in [-0.15, -0.1) is 0 Å². The zero-order chi connectivity index (χ0) is 13.9. The summed E-state index contributed by atoms with van der Waals surface area (Å²) in [5.74, 6) is -1.81. The Labute approximate surface area is 104 Å². The highest BCUT2D eigenvalue weighted by molar-refractivity contribution is 5.74. The molecule has 0 saturated heterocycles. The molecule has 6 nitrogen and oxygen atoms in total. The van der Waals surface area contributed by atoms with Gasteiger partial charge < -0.3 is 20.7 Å². The number of aryl methyl sites for hydroxylation is 1. The second kappa shape index (κ2) is 5.50. The highest BCUT2D eigenvalue weighted by Gasteiger charge is 2.16. The van der Waals surface area contributed by atoms with Crippen LogP contribution in [0.25, 0.3) is 0 Å². The second-order valence-corrected chi connectivity index (χ2v) is 4.00. The molecule has 0 spiro atoms. The first-order chi connectivity index (χ1) is 8.31. The van der Waals surface area contributed by atoms with Gasteiger partial charge in [0, 0.05) is 6.92 Å². The molecular formula is C12H15NO5. The highest BCUT2D eigenvalue weighted by Crippen LogP contribution is 2.31. The van der Waals surface area contributed by atoms with E-state index in [0.29, 0.717) is 11.1 Å². The van der Waals surface area contributed by atoms with E-state index in [-0.39, 0.29) is 17.9 Å². The molecule has 0 bridgehead atoms. The van der Waals surface area contributed by atoms with E-state index in [9.17, 15) is 14.7 Å². The summed E-state index contributed by atoms with van der Waals surface area (Å²) in [5.41, 5.74) is 6.49. The molecule has 0 aromatic heterocycles. The summed E-state index contributed by atoms with van der Waals surface area (Å²) in [6.45, 7) is 2.84. The third-order valence-electron chi connectivity index (χ3n) is 2.35. The van der Waals surface area contributed by atoms with Gasteiger partial charge in [-0.1, -0.05) is 6.07 Å². The van der Waals surface area contributed by atoms with Crippen LogP contribution in [-0.4, -0.2) is 28.2 Å². The summed E-state index contributed by atoms with van der Waals surface area (Å²) in [4.78, 5) is 21.5. The lowest BCUT2D eigenvalue weighted by Gasteiger charge is -2.11. The molecule has 1 aromatic rings. The Balaban J connectivity index is 3.04. The SMILES string of the molecule is CC(=O)Oc1cc(CC(N)C(=O)O)cc(C)c1O. The second-order valence-electron chi connectivity index (χ2n) is 4.00. The summed E-state index contributed by atoms with van der Waals surface area (Å²) in [6.07, 6.45) is 0.0880. The van der Waals surface area contributed by atoms with Gasteiger partial charge in [0.25, 0.3) is 0 Å². The number of hydrogen-bond donors (Lipinski definition) is 3. The number of carboxylic acid groups (broad SMARTS) is 1. The van der Waals surface area contributed by atoms with Crippen molar-refractivity contribution in [2.45, 2.75) is 26.3 Å². The average Bonchev–Trinajstić information content (AvgIpc) is 2.24. The standard InChI is InChI=1S/C12H15NO5/c1-6-3-8(4-9(13)12(16)17)5-10(11(6)15)18-7(2)14/h3,5,9,15H,4,13H2,1-2H3,(H,16,17). The zero-order valence-corrected chi connectivity index (χ0v) is 10.1. The quantitative estimate of drug-likeness (QED) is 0.535. The number of ether oxygens (including phenoxy) is 1. The minimum Gasteiger partial charge on any atom is -0.504 e. The van der Waals surface area contributed by atoms with Crippen molar-refractivity contribution < 1.29 is 24.5 Å². The van der Waals surface area contributed by atoms with E-state index < -0.39 is 18.0 Å². The lowest BCUT2D eigenvalue weighted by molar-refractivity contribution is -0.138. The fraction of sp³-hybridized carbons (Fsp3) is 0.333. The van der Waals surface area contributed by atoms with Crippen molar-refractivity contribution >= 4 is 11.9 Å². The first-order valence-electron chi connectivity index (χ1n) is 5.30. The van der Waals surface area contributed by atoms with Gasteiger partial charge >= 0.3 is 11.9 Å². The number of carboxylic acids is 1. The number of hydrogen-bond acceptors (Lipinski definition) is 5. The molecule has 0 saturated carbocycles. The summed E-state index contributed by atoms with van der Waals surface area (Å²) < 4.78 is 4.83. The molecule has 98 valence electrons. The van der Waals surface area contributed by atoms with Crippen LogP contribution in [0.1, 0.15) is 18.1 Å². The Bertz CT molecular complexity index is 484. The van der Waals surface area contributed by atoms with Gasteiger partial charge in [0.05, 0.1) is 0 Å². The van der Waals surface area contributed by atoms with Crippen LogP contribution < -0.4 is 10.5 Å². The van der Waals surface area contributed by atoms with Crippen molar-refractivity contribution in [1.82, 2.24) is 0 Å². The number of esters is 1. The number of aromatic hydroxyl groups is 1. The Morgan fingerprint density at radius 2 is 2.06 bits per heavy atom. The van der Waals surface area contributed by atoms with E-state index in [1.165, 1.54) is 13.0 Å². The lowest BCUT2D eigenvalue weighted by atomic mass is 10.0. The third-order valence-corrected chi connectivity index (χ3v) is 2.35. The topological polar surface area (TPSA) is 110 Å². The van der Waals surface area contributed by atoms with Gasteiger partial charge in [0.15, 0.2) is 11.5 Å². The normalized spacial score (nSPS) is 11.9. The number of rotatable bonds is 4. The fourth-order valence-electron chi connectivity index (χ4n) is 1.51. The van der Waals surface area contributed by atoms with Crippen LogP contribution in [-0.2, 0) is 16.0 Å². The number of benzene rings is 1. The van der Waals surface area contributed by atoms with E-state index in [4.69, 9.17) is 15.6 Å². The van der Waals surface area contributed by atoms with E-state index in [0.717, 1.165) is 0 Å². The third kappa shape index (κ3) is 3.46. The summed E-state index contributed by atoms with van der Waals surface area (Å²) in [5, 5.41) is 18.4. The first kappa shape index (κ1) is 14.0. The largest absolute Gasteiger partial charge is 0.504 e. The molecule has 18 heavy (non-hydrogen) atoms. The zero-order valence-electron chi connectivity index (χ0n) is 10.1. The number of aliphatic carboxylic acids is 1. The van der Waals surface area contributed by atoms with Crippen molar-refractivity contribution in [1.29, 1.82) is 0 Å². The molecule has 1 atom stereocenters. The number of carbonyl (C=O) groups excluding carboxylic acids is 1. The van der Waals surface area contributed by atoms with Crippen molar-refractivity contribution in [3.05, 3.63) is 23.3 Å². The number of carbonyl (C=O) groups is 2. The van der Waals surface area contributed by atoms with Crippen LogP contribution in [0.5, 0.6) is 11.5 Å². The van der Waals surface area contributed by atoms with E-state index in [1.54, 1.807) is 13.0 Å². The predicted octanol–water partition coefficient (Wildman–Crippen LogP) is 0.580. The molecule has 0 heterocycles. The van der Waals surface area contributed by atoms with Gasteiger partial charge in [-0.3, -0.25) is 9.59 Å². The Morgan fingerprint density at radius 1 is 1.44 bits per heavy atom. The number of phenols is 1. The van der Waals surface area contributed by atoms with E-state index in [1.807, 2.05) is 0 Å². The fourth-order valence-corrected chi connectivity index (χ4v) is 1.51. The minimum absolute atomic E-state index is 0.00934. The summed E-state index contributed by atoms with van der Waals surface area (Å²) in [7, 11) is 0. The molecule has 0 aliphatic heterocycles. The van der Waals surface area contributed by atoms with Crippen molar-refractivity contribution in [3.63, 3.8) is 0 Å². The van der Waals surface area contributed by atoms with Crippen molar-refractivity contribution in [2.24, 2.45) is 5.73 Å². The maximum Gasteiger partial charge on any atom is 0.320 e. The number of phenolic OH excluding ortho intramolecular Hbond substituents is 1. The maximum atomic E-state index is 10.9. The van der Waals surface area contributed by atoms with Crippen molar-refractivity contribution in [3.8, 4) is 11.5 Å². The molecule has 0 fully saturated rings. The van der Waals surface area contributed by atoms with Crippen LogP contribution >= 0.6 is 0 Å². The molecule has 4 N–H and O–H groups in total. The molecular weight excluding hydrogens is 238 g/mol. The van der Waals surface area contributed by atoms with Crippen LogP contribution in [0.15, 0.2) is 12.1 Å². The van der Waals surface area contributed by atoms with E-state index in [2.05, 4.69) is 0 Å². The van der Waals surface area contributed by atoms with Crippen LogP contribution in [0.3, 0.4) is 0 Å². The average molecular weight is 253 g/mol. The minimum atomic E-state index is -1.12. The lowest BCUT2D eigenvalue weighted by Crippen LogP contribution is -2.32. The monoisotopic (exact) mass is 253 g/mol. The predicted molar refractivity (Wildman–Crippen MR) is 63.5 cm³/mol. The first-order valence-corrected chi connectivity index (χ1v) is 5.30. The molecule has 0 amide bonds. The molecule has 1 aromatic carbocycles. The molecule has 0 aliphatic carbocycles. The Kier molecular flexibility index (Phi) is 4.28. The number of nitrogens with two attached hydrogens (primary N) is 1. The molecule has 1 rings (SSSR count). The van der Waals surface area contributed by atoms with Gasteiger partial charge in [0.1, 0.15) is 6.04 Å². The van der Waals surface area contributed by atoms with Crippen LogP contribution in [0.4, 0.5) is 0 Å². The molecule has 0 radical (unpaired) electrons. The Morgan fingerprint density at radius 3 is 2.56 bits per heavy atom. The van der Waals surface area contributed by atoms with Crippen LogP contribution in [0, 0.1) is 6.92 Å². The molecule has 6 heteroatoms. The van der Waals surface area contributed by atoms with Gasteiger partial charge in [-0.05, 0) is 30.5 Å². The molecule has 0 aliphatic rings. The van der Waals surface area contributed by atoms with Crippen molar-refractivity contribution in [2.75, 3.05) is 0 Å². The Hall–Kier alpha value is -2.08. The maximum absolute atomic E-state index is 10.9. The molecule has 1 unspecified atom stereocenters. The van der Waals surface area contributed by atoms with Crippen LogP contribution in [0.2, 0.25) is 0 Å². The van der Waals surface area contributed by atoms with Gasteiger partial charge in [-0.2, -0.15) is 0 Å². The van der Waals surface area contributed by atoms with Gasteiger partial charge in [0.2, 0.25) is 0 Å². The summed E-state index contributed by atoms with van der Waals surface area (Å²) in [6, 6.07) is 1.97. The van der Waals surface area contributed by atoms with Gasteiger partial charge in [-0.25, -0.2) is 0 Å².